The quantitative estimate of drug-likeness (QED) is 0.891. The van der Waals surface area contributed by atoms with Crippen LogP contribution in [0.4, 0.5) is 4.39 Å². The van der Waals surface area contributed by atoms with Crippen LogP contribution < -0.4 is 5.32 Å². The van der Waals surface area contributed by atoms with E-state index in [-0.39, 0.29) is 11.9 Å². The van der Waals surface area contributed by atoms with Gasteiger partial charge in [0.25, 0.3) is 0 Å². The Labute approximate surface area is 107 Å². The highest BCUT2D eigenvalue weighted by Gasteiger charge is 2.06. The maximum Gasteiger partial charge on any atom is 0.123 e. The summed E-state index contributed by atoms with van der Waals surface area (Å²) in [7, 11) is 0. The Morgan fingerprint density at radius 3 is 2.83 bits per heavy atom. The molecule has 0 aliphatic carbocycles. The largest absolute Gasteiger partial charge is 0.306 e. The lowest BCUT2D eigenvalue weighted by molar-refractivity contribution is 0.569. The van der Waals surface area contributed by atoms with Crippen LogP contribution in [0, 0.1) is 12.7 Å². The number of aryl methyl sites for hydroxylation is 1. The summed E-state index contributed by atoms with van der Waals surface area (Å²) in [5.74, 6) is -0.184. The van der Waals surface area contributed by atoms with Crippen LogP contribution in [0.15, 0.2) is 42.7 Å². The minimum atomic E-state index is -0.184. The molecule has 1 N–H and O–H groups in total. The van der Waals surface area contributed by atoms with Gasteiger partial charge in [-0.2, -0.15) is 0 Å². The molecule has 0 radical (unpaired) electrons. The van der Waals surface area contributed by atoms with Gasteiger partial charge in [0, 0.05) is 25.0 Å². The van der Waals surface area contributed by atoms with Crippen molar-refractivity contribution in [2.24, 2.45) is 0 Å². The first-order valence-corrected chi connectivity index (χ1v) is 6.05. The molecule has 0 amide bonds. The number of rotatable bonds is 4. The fourth-order valence-electron chi connectivity index (χ4n) is 1.87. The molecule has 1 atom stereocenters. The molecule has 3 heteroatoms. The maximum absolute atomic E-state index is 13.0. The Kier molecular flexibility index (Phi) is 4.05. The standard InChI is InChI=1S/C15H17FN2/c1-11-8-15(16)6-5-13(11)10-18-12(2)14-4-3-7-17-9-14/h3-9,12,18H,10H2,1-2H3/t12-/m0/s1. The minimum Gasteiger partial charge on any atom is -0.306 e. The molecule has 0 saturated carbocycles. The third-order valence-electron chi connectivity index (χ3n) is 3.09. The van der Waals surface area contributed by atoms with Gasteiger partial charge in [-0.25, -0.2) is 4.39 Å². The molecule has 0 unspecified atom stereocenters. The van der Waals surface area contributed by atoms with Gasteiger partial charge in [-0.3, -0.25) is 4.98 Å². The number of halogens is 1. The molecule has 1 heterocycles. The van der Waals surface area contributed by atoms with E-state index in [9.17, 15) is 4.39 Å². The molecular weight excluding hydrogens is 227 g/mol. The van der Waals surface area contributed by atoms with Crippen LogP contribution in [0.2, 0.25) is 0 Å². The van der Waals surface area contributed by atoms with E-state index in [1.165, 1.54) is 6.07 Å². The topological polar surface area (TPSA) is 24.9 Å². The van der Waals surface area contributed by atoms with Crippen molar-refractivity contribution in [3.63, 3.8) is 0 Å². The van der Waals surface area contributed by atoms with Crippen LogP contribution in [0.1, 0.15) is 29.7 Å². The van der Waals surface area contributed by atoms with E-state index < -0.39 is 0 Å². The van der Waals surface area contributed by atoms with Gasteiger partial charge in [-0.1, -0.05) is 12.1 Å². The zero-order valence-corrected chi connectivity index (χ0v) is 10.7. The number of hydrogen-bond acceptors (Lipinski definition) is 2. The normalized spacial score (nSPS) is 12.4. The van der Waals surface area contributed by atoms with E-state index in [2.05, 4.69) is 17.2 Å². The second-order valence-corrected chi connectivity index (χ2v) is 4.46. The second kappa shape index (κ2) is 5.74. The SMILES string of the molecule is Cc1cc(F)ccc1CN[C@@H](C)c1cccnc1. The molecule has 0 aliphatic heterocycles. The predicted octanol–water partition coefficient (Wildman–Crippen LogP) is 3.38. The van der Waals surface area contributed by atoms with Crippen molar-refractivity contribution in [3.8, 4) is 0 Å². The fraction of sp³-hybridized carbons (Fsp3) is 0.267. The summed E-state index contributed by atoms with van der Waals surface area (Å²) in [5.41, 5.74) is 3.24. The summed E-state index contributed by atoms with van der Waals surface area (Å²) in [6.45, 7) is 4.74. The number of nitrogens with zero attached hydrogens (tertiary/aromatic N) is 1. The lowest BCUT2D eigenvalue weighted by atomic mass is 10.1. The summed E-state index contributed by atoms with van der Waals surface area (Å²) in [6, 6.07) is 9.08. The first-order chi connectivity index (χ1) is 8.66. The molecule has 94 valence electrons. The van der Waals surface area contributed by atoms with Crippen LogP contribution >= 0.6 is 0 Å². The third kappa shape index (κ3) is 3.14. The van der Waals surface area contributed by atoms with Crippen LogP contribution in [0.5, 0.6) is 0 Å². The summed E-state index contributed by atoms with van der Waals surface area (Å²) in [6.07, 6.45) is 3.62. The zero-order valence-electron chi connectivity index (χ0n) is 10.7. The molecule has 0 spiro atoms. The average molecular weight is 244 g/mol. The van der Waals surface area contributed by atoms with Gasteiger partial charge < -0.3 is 5.32 Å². The van der Waals surface area contributed by atoms with Gasteiger partial charge in [0.15, 0.2) is 0 Å². The van der Waals surface area contributed by atoms with Crippen LogP contribution in [0.25, 0.3) is 0 Å². The van der Waals surface area contributed by atoms with Crippen molar-refractivity contribution in [3.05, 3.63) is 65.2 Å². The summed E-state index contributed by atoms with van der Waals surface area (Å²) >= 11 is 0. The molecule has 0 bridgehead atoms. The second-order valence-electron chi connectivity index (χ2n) is 4.46. The lowest BCUT2D eigenvalue weighted by Crippen LogP contribution is -2.18. The Hall–Kier alpha value is -1.74. The van der Waals surface area contributed by atoms with Crippen LogP contribution in [-0.2, 0) is 6.54 Å². The highest BCUT2D eigenvalue weighted by molar-refractivity contribution is 5.26. The van der Waals surface area contributed by atoms with E-state index in [1.807, 2.05) is 31.3 Å². The Bertz CT molecular complexity index is 511. The average Bonchev–Trinajstić information content (AvgIpc) is 2.38. The van der Waals surface area contributed by atoms with Crippen molar-refractivity contribution in [1.82, 2.24) is 10.3 Å². The van der Waals surface area contributed by atoms with Crippen molar-refractivity contribution in [2.45, 2.75) is 26.4 Å². The third-order valence-corrected chi connectivity index (χ3v) is 3.09. The van der Waals surface area contributed by atoms with Crippen molar-refractivity contribution in [2.75, 3.05) is 0 Å². The van der Waals surface area contributed by atoms with E-state index in [0.717, 1.165) is 23.2 Å². The van der Waals surface area contributed by atoms with E-state index in [4.69, 9.17) is 0 Å². The molecule has 1 aromatic heterocycles. The Morgan fingerprint density at radius 1 is 1.33 bits per heavy atom. The highest BCUT2D eigenvalue weighted by Crippen LogP contribution is 2.14. The van der Waals surface area contributed by atoms with E-state index >= 15 is 0 Å². The van der Waals surface area contributed by atoms with Gasteiger partial charge in [-0.15, -0.1) is 0 Å². The molecule has 0 saturated heterocycles. The Balaban J connectivity index is 1.99. The molecule has 18 heavy (non-hydrogen) atoms. The van der Waals surface area contributed by atoms with Crippen molar-refractivity contribution in [1.29, 1.82) is 0 Å². The van der Waals surface area contributed by atoms with Gasteiger partial charge in [0.1, 0.15) is 5.82 Å². The van der Waals surface area contributed by atoms with Gasteiger partial charge in [0.2, 0.25) is 0 Å². The maximum atomic E-state index is 13.0. The van der Waals surface area contributed by atoms with Crippen molar-refractivity contribution >= 4 is 0 Å². The number of pyridine rings is 1. The van der Waals surface area contributed by atoms with Gasteiger partial charge >= 0.3 is 0 Å². The van der Waals surface area contributed by atoms with Crippen LogP contribution in [0.3, 0.4) is 0 Å². The first kappa shape index (κ1) is 12.7. The molecule has 1 aromatic carbocycles. The lowest BCUT2D eigenvalue weighted by Gasteiger charge is -2.15. The molecule has 0 fully saturated rings. The van der Waals surface area contributed by atoms with Gasteiger partial charge in [0.05, 0.1) is 0 Å². The van der Waals surface area contributed by atoms with Crippen molar-refractivity contribution < 1.29 is 4.39 Å². The fourth-order valence-corrected chi connectivity index (χ4v) is 1.87. The molecular formula is C15H17FN2. The number of aromatic nitrogens is 1. The Morgan fingerprint density at radius 2 is 2.17 bits per heavy atom. The zero-order chi connectivity index (χ0) is 13.0. The van der Waals surface area contributed by atoms with E-state index in [1.54, 1.807) is 12.3 Å². The number of nitrogens with one attached hydrogen (secondary N) is 1. The van der Waals surface area contributed by atoms with Gasteiger partial charge in [-0.05, 0) is 48.7 Å². The number of hydrogen-bond donors (Lipinski definition) is 1. The minimum absolute atomic E-state index is 0.184. The monoisotopic (exact) mass is 244 g/mol. The van der Waals surface area contributed by atoms with E-state index in [0.29, 0.717) is 0 Å². The summed E-state index contributed by atoms with van der Waals surface area (Å²) in [4.78, 5) is 4.10. The smallest absolute Gasteiger partial charge is 0.123 e. The van der Waals surface area contributed by atoms with Crippen LogP contribution in [-0.4, -0.2) is 4.98 Å². The first-order valence-electron chi connectivity index (χ1n) is 6.05. The summed E-state index contributed by atoms with van der Waals surface area (Å²) < 4.78 is 13.0. The summed E-state index contributed by atoms with van der Waals surface area (Å²) in [5, 5.41) is 3.41. The molecule has 2 aromatic rings. The highest BCUT2D eigenvalue weighted by atomic mass is 19.1. The number of benzene rings is 1. The molecule has 2 nitrogen and oxygen atoms in total. The predicted molar refractivity (Wildman–Crippen MR) is 70.6 cm³/mol. The molecule has 0 aliphatic rings. The molecule has 2 rings (SSSR count).